The van der Waals surface area contributed by atoms with Crippen LogP contribution in [0, 0.1) is 5.92 Å². The number of carbonyl (C=O) groups is 2. The van der Waals surface area contributed by atoms with Crippen molar-refractivity contribution in [1.29, 1.82) is 0 Å². The number of hydrogen-bond acceptors (Lipinski definition) is 6. The fourth-order valence-corrected chi connectivity index (χ4v) is 6.01. The van der Waals surface area contributed by atoms with Gasteiger partial charge < -0.3 is 15.4 Å². The maximum absolute atomic E-state index is 13.6. The van der Waals surface area contributed by atoms with E-state index in [0.29, 0.717) is 38.5 Å². The Bertz CT molecular complexity index is 1330. The molecule has 0 bridgehead atoms. The molecular weight excluding hydrogens is 601 g/mol. The second kappa shape index (κ2) is 11.6. The van der Waals surface area contributed by atoms with Gasteiger partial charge in [-0.25, -0.2) is 9.67 Å². The summed E-state index contributed by atoms with van der Waals surface area (Å²) >= 11 is 17.9. The van der Waals surface area contributed by atoms with E-state index in [2.05, 4.69) is 36.6 Å². The highest BCUT2D eigenvalue weighted by Gasteiger charge is 2.27. The Balaban J connectivity index is 1.44. The number of nitrogens with zero attached hydrogens (tertiary/aromatic N) is 3. The second-order valence-electron chi connectivity index (χ2n) is 8.99. The lowest BCUT2D eigenvalue weighted by atomic mass is 10.1. The van der Waals surface area contributed by atoms with Gasteiger partial charge >= 0.3 is 0 Å². The van der Waals surface area contributed by atoms with Gasteiger partial charge in [-0.1, -0.05) is 36.0 Å². The van der Waals surface area contributed by atoms with Crippen molar-refractivity contribution in [1.82, 2.24) is 20.1 Å². The molecule has 0 spiro atoms. The molecule has 12 heteroatoms. The van der Waals surface area contributed by atoms with E-state index >= 15 is 0 Å². The summed E-state index contributed by atoms with van der Waals surface area (Å²) in [6.45, 7) is 0.585. The lowest BCUT2D eigenvalue weighted by molar-refractivity contribution is 0.0948. The number of rotatable bonds is 8. The zero-order valence-electron chi connectivity index (χ0n) is 19.7. The minimum absolute atomic E-state index is 0.0315. The van der Waals surface area contributed by atoms with Crippen LogP contribution in [-0.2, 0) is 0 Å². The van der Waals surface area contributed by atoms with E-state index in [-0.39, 0.29) is 29.1 Å². The van der Waals surface area contributed by atoms with E-state index in [9.17, 15) is 9.59 Å². The van der Waals surface area contributed by atoms with Gasteiger partial charge in [0.2, 0.25) is 5.88 Å². The Kier molecular flexibility index (Phi) is 8.28. The van der Waals surface area contributed by atoms with Gasteiger partial charge in [-0.3, -0.25) is 9.59 Å². The second-order valence-corrected chi connectivity index (χ2v) is 11.8. The SMILES string of the molecule is O=C(NCC1CCCC1)c1cc(Cl)cc(Br)c1NC(=O)c1cc(OC2CSC2)nn1-c1ncccc1Cl. The topological polar surface area (TPSA) is 98.1 Å². The van der Waals surface area contributed by atoms with Crippen LogP contribution in [0.2, 0.25) is 10.0 Å². The summed E-state index contributed by atoms with van der Waals surface area (Å²) in [6.07, 6.45) is 6.17. The van der Waals surface area contributed by atoms with Gasteiger partial charge in [0.15, 0.2) is 5.82 Å². The summed E-state index contributed by atoms with van der Waals surface area (Å²) in [5, 5.41) is 11.0. The number of nitrogens with one attached hydrogen (secondary N) is 2. The number of thioether (sulfide) groups is 1. The number of aromatic nitrogens is 3. The van der Waals surface area contributed by atoms with Crippen molar-refractivity contribution in [2.45, 2.75) is 31.8 Å². The van der Waals surface area contributed by atoms with E-state index in [4.69, 9.17) is 27.9 Å². The molecule has 0 atom stereocenters. The van der Waals surface area contributed by atoms with Crippen molar-refractivity contribution in [3.05, 3.63) is 62.3 Å². The van der Waals surface area contributed by atoms with Gasteiger partial charge in [-0.2, -0.15) is 11.8 Å². The normalized spacial score (nSPS) is 15.9. The van der Waals surface area contributed by atoms with Gasteiger partial charge in [0.25, 0.3) is 11.8 Å². The lowest BCUT2D eigenvalue weighted by Gasteiger charge is -2.24. The molecule has 8 nitrogen and oxygen atoms in total. The standard InChI is InChI=1S/C25H24BrCl2N5O3S/c26-18-9-15(27)8-17(24(34)30-11-14-4-1-2-5-14)22(18)31-25(35)20-10-21(36-16-12-37-13-16)32-33(20)23-19(28)6-3-7-29-23/h3,6-10,14,16H,1-2,4-5,11-13H2,(H,30,34)(H,31,35). The fourth-order valence-electron chi connectivity index (χ4n) is 4.33. The predicted octanol–water partition coefficient (Wildman–Crippen LogP) is 6.00. The third-order valence-corrected chi connectivity index (χ3v) is 8.67. The van der Waals surface area contributed by atoms with Crippen LogP contribution in [0.15, 0.2) is 41.0 Å². The maximum atomic E-state index is 13.6. The molecule has 194 valence electrons. The van der Waals surface area contributed by atoms with E-state index < -0.39 is 5.91 Å². The molecule has 37 heavy (non-hydrogen) atoms. The minimum atomic E-state index is -0.514. The molecule has 2 aromatic heterocycles. The zero-order chi connectivity index (χ0) is 25.9. The molecule has 2 N–H and O–H groups in total. The molecule has 2 amide bonds. The first-order chi connectivity index (χ1) is 17.9. The highest BCUT2D eigenvalue weighted by Crippen LogP contribution is 2.33. The molecule has 0 radical (unpaired) electrons. The molecule has 1 aromatic carbocycles. The number of hydrogen-bond donors (Lipinski definition) is 2. The fraction of sp³-hybridized carbons (Fsp3) is 0.360. The van der Waals surface area contributed by atoms with Crippen LogP contribution in [0.3, 0.4) is 0 Å². The highest BCUT2D eigenvalue weighted by atomic mass is 79.9. The van der Waals surface area contributed by atoms with Gasteiger partial charge in [0.05, 0.1) is 16.3 Å². The van der Waals surface area contributed by atoms with Crippen molar-refractivity contribution in [2.24, 2.45) is 5.92 Å². The number of benzene rings is 1. The van der Waals surface area contributed by atoms with Gasteiger partial charge in [-0.15, -0.1) is 5.10 Å². The number of halogens is 3. The zero-order valence-corrected chi connectivity index (χ0v) is 23.6. The average Bonchev–Trinajstić information content (AvgIpc) is 3.52. The average molecular weight is 625 g/mol. The molecule has 5 rings (SSSR count). The van der Waals surface area contributed by atoms with Crippen LogP contribution < -0.4 is 15.4 Å². The largest absolute Gasteiger partial charge is 0.472 e. The first-order valence-electron chi connectivity index (χ1n) is 11.9. The van der Waals surface area contributed by atoms with Crippen molar-refractivity contribution in [3.8, 4) is 11.7 Å². The summed E-state index contributed by atoms with van der Waals surface area (Å²) in [6, 6.07) is 8.08. The quantitative estimate of drug-likeness (QED) is 0.319. The Hall–Kier alpha value is -2.27. The molecule has 1 aliphatic heterocycles. The number of ether oxygens (including phenoxy) is 1. The van der Waals surface area contributed by atoms with E-state index in [1.807, 2.05) is 0 Å². The van der Waals surface area contributed by atoms with Crippen molar-refractivity contribution in [3.63, 3.8) is 0 Å². The number of anilines is 1. The summed E-state index contributed by atoms with van der Waals surface area (Å²) in [5.74, 6) is 1.94. The summed E-state index contributed by atoms with van der Waals surface area (Å²) in [4.78, 5) is 31.0. The molecule has 2 aliphatic rings. The monoisotopic (exact) mass is 623 g/mol. The highest BCUT2D eigenvalue weighted by molar-refractivity contribution is 9.10. The van der Waals surface area contributed by atoms with Crippen LogP contribution in [0.5, 0.6) is 5.88 Å². The third kappa shape index (κ3) is 6.08. The van der Waals surface area contributed by atoms with Crippen LogP contribution >= 0.6 is 50.9 Å². The first-order valence-corrected chi connectivity index (χ1v) is 14.6. The van der Waals surface area contributed by atoms with Crippen LogP contribution in [-0.4, -0.2) is 50.7 Å². The maximum Gasteiger partial charge on any atom is 0.274 e. The van der Waals surface area contributed by atoms with Crippen molar-refractivity contribution in [2.75, 3.05) is 23.4 Å². The Morgan fingerprint density at radius 3 is 2.65 bits per heavy atom. The van der Waals surface area contributed by atoms with Crippen LogP contribution in [0.4, 0.5) is 5.69 Å². The summed E-state index contributed by atoms with van der Waals surface area (Å²) < 4.78 is 7.75. The molecule has 3 aromatic rings. The summed E-state index contributed by atoms with van der Waals surface area (Å²) in [5.41, 5.74) is 0.716. The Morgan fingerprint density at radius 2 is 1.95 bits per heavy atom. The minimum Gasteiger partial charge on any atom is -0.472 e. The number of carbonyl (C=O) groups excluding carboxylic acids is 2. The van der Waals surface area contributed by atoms with E-state index in [1.165, 1.54) is 17.5 Å². The number of pyridine rings is 1. The third-order valence-electron chi connectivity index (χ3n) is 6.32. The molecule has 2 fully saturated rings. The summed E-state index contributed by atoms with van der Waals surface area (Å²) in [7, 11) is 0. The van der Waals surface area contributed by atoms with Gasteiger partial charge in [0, 0.05) is 39.8 Å². The predicted molar refractivity (Wildman–Crippen MR) is 150 cm³/mol. The Labute approximate surface area is 237 Å². The van der Waals surface area contributed by atoms with E-state index in [0.717, 1.165) is 24.3 Å². The first kappa shape index (κ1) is 26.3. The van der Waals surface area contributed by atoms with Crippen LogP contribution in [0.25, 0.3) is 5.82 Å². The van der Waals surface area contributed by atoms with Crippen molar-refractivity contribution >= 4 is 68.4 Å². The smallest absolute Gasteiger partial charge is 0.274 e. The molecule has 1 aliphatic carbocycles. The van der Waals surface area contributed by atoms with Crippen LogP contribution in [0.1, 0.15) is 46.5 Å². The van der Waals surface area contributed by atoms with Gasteiger partial charge in [0.1, 0.15) is 11.8 Å². The van der Waals surface area contributed by atoms with Gasteiger partial charge in [-0.05, 0) is 59.0 Å². The van der Waals surface area contributed by atoms with Crippen molar-refractivity contribution < 1.29 is 14.3 Å². The number of amides is 2. The molecule has 0 unspecified atom stereocenters. The Morgan fingerprint density at radius 1 is 1.16 bits per heavy atom. The molecular formula is C25H24BrCl2N5O3S. The van der Waals surface area contributed by atoms with E-state index in [1.54, 1.807) is 48.3 Å². The molecule has 1 saturated heterocycles. The lowest BCUT2D eigenvalue weighted by Crippen LogP contribution is -2.31. The molecule has 1 saturated carbocycles. The molecule has 3 heterocycles.